The third-order valence-electron chi connectivity index (χ3n) is 4.62. The van der Waals surface area contributed by atoms with Crippen molar-refractivity contribution in [1.82, 2.24) is 9.97 Å². The number of rotatable bonds is 10. The van der Waals surface area contributed by atoms with E-state index in [2.05, 4.69) is 29.1 Å². The van der Waals surface area contributed by atoms with Gasteiger partial charge in [-0.3, -0.25) is 9.59 Å². The lowest BCUT2D eigenvalue weighted by Gasteiger charge is -2.08. The quantitative estimate of drug-likeness (QED) is 0.483. The molecule has 1 aromatic carbocycles. The Balaban J connectivity index is 0.000000703. The number of carbonyl (C=O) groups is 2. The lowest BCUT2D eigenvalue weighted by molar-refractivity contribution is -0.136. The first-order chi connectivity index (χ1) is 14.7. The summed E-state index contributed by atoms with van der Waals surface area (Å²) in [6.45, 7) is 10.3. The Morgan fingerprint density at radius 2 is 1.68 bits per heavy atom. The first-order valence-electron chi connectivity index (χ1n) is 11.2. The third-order valence-corrected chi connectivity index (χ3v) is 4.62. The number of anilines is 1. The van der Waals surface area contributed by atoms with Gasteiger partial charge in [0, 0.05) is 36.0 Å². The largest absolute Gasteiger partial charge is 0.481 e. The number of carbonyl (C=O) groups excluding carboxylic acids is 1. The number of carboxylic acids is 1. The first-order valence-corrected chi connectivity index (χ1v) is 11.2. The van der Waals surface area contributed by atoms with E-state index in [1.807, 2.05) is 38.1 Å². The zero-order valence-electron chi connectivity index (χ0n) is 19.6. The Bertz CT molecular complexity index is 813. The van der Waals surface area contributed by atoms with Crippen molar-refractivity contribution in [3.05, 3.63) is 53.1 Å². The molecular formula is C25H37N3O3. The Morgan fingerprint density at radius 1 is 1.06 bits per heavy atom. The van der Waals surface area contributed by atoms with Crippen LogP contribution in [0.4, 0.5) is 5.69 Å². The van der Waals surface area contributed by atoms with Crippen molar-refractivity contribution in [3.63, 3.8) is 0 Å². The van der Waals surface area contributed by atoms with Crippen molar-refractivity contribution in [3.8, 4) is 0 Å². The molecule has 0 fully saturated rings. The average molecular weight is 428 g/mol. The minimum Gasteiger partial charge on any atom is -0.481 e. The summed E-state index contributed by atoms with van der Waals surface area (Å²) in [4.78, 5) is 31.2. The predicted molar refractivity (Wildman–Crippen MR) is 125 cm³/mol. The van der Waals surface area contributed by atoms with E-state index in [1.165, 1.54) is 25.7 Å². The maximum atomic E-state index is 11.8. The molecule has 2 rings (SSSR count). The summed E-state index contributed by atoms with van der Waals surface area (Å²) in [7, 11) is 0. The summed E-state index contributed by atoms with van der Waals surface area (Å²) in [5, 5.41) is 11.7. The highest BCUT2D eigenvalue weighted by Gasteiger charge is 2.09. The smallest absolute Gasteiger partial charge is 0.307 e. The van der Waals surface area contributed by atoms with Crippen molar-refractivity contribution < 1.29 is 14.7 Å². The number of amides is 1. The van der Waals surface area contributed by atoms with Gasteiger partial charge in [0.2, 0.25) is 5.91 Å². The molecule has 1 heterocycles. The summed E-state index contributed by atoms with van der Waals surface area (Å²) in [6, 6.07) is 7.57. The molecule has 0 aliphatic heterocycles. The number of nitrogens with one attached hydrogen (secondary N) is 1. The lowest BCUT2D eigenvalue weighted by Crippen LogP contribution is -2.13. The van der Waals surface area contributed by atoms with E-state index >= 15 is 0 Å². The zero-order chi connectivity index (χ0) is 23.2. The van der Waals surface area contributed by atoms with Gasteiger partial charge < -0.3 is 10.4 Å². The number of hydrogen-bond acceptors (Lipinski definition) is 4. The Labute approximate surface area is 186 Å². The summed E-state index contributed by atoms with van der Waals surface area (Å²) < 4.78 is 0. The summed E-state index contributed by atoms with van der Waals surface area (Å²) >= 11 is 0. The van der Waals surface area contributed by atoms with Crippen molar-refractivity contribution in [2.24, 2.45) is 5.92 Å². The van der Waals surface area contributed by atoms with Crippen LogP contribution in [0.3, 0.4) is 0 Å². The number of hydrogen-bond donors (Lipinski definition) is 2. The highest BCUT2D eigenvalue weighted by atomic mass is 16.4. The molecule has 2 aromatic rings. The van der Waals surface area contributed by atoms with Crippen molar-refractivity contribution in [2.75, 3.05) is 5.32 Å². The molecule has 0 saturated heterocycles. The molecule has 1 aromatic heterocycles. The molecule has 0 aliphatic rings. The molecule has 1 amide bonds. The van der Waals surface area contributed by atoms with Gasteiger partial charge in [0.25, 0.3) is 0 Å². The molecule has 0 saturated carbocycles. The highest BCUT2D eigenvalue weighted by molar-refractivity contribution is 5.90. The standard InChI is InChI=1S/C19H23N3O3.C6H14/c1-12(2)8-18(23)22-16-6-4-14(5-7-16)9-17-20-11-15(10-19(24)25)13(3)21-17;1-3-5-6-4-2/h4-7,11-12H,8-10H2,1-3H3,(H,22,23)(H,24,25);3-6H2,1-2H3. The molecule has 0 bridgehead atoms. The molecule has 6 nitrogen and oxygen atoms in total. The second-order valence-corrected chi connectivity index (χ2v) is 8.19. The van der Waals surface area contributed by atoms with Gasteiger partial charge in [-0.15, -0.1) is 0 Å². The minimum atomic E-state index is -0.894. The van der Waals surface area contributed by atoms with Crippen LogP contribution >= 0.6 is 0 Å². The molecular weight excluding hydrogens is 390 g/mol. The van der Waals surface area contributed by atoms with Gasteiger partial charge in [0.15, 0.2) is 0 Å². The fraction of sp³-hybridized carbons (Fsp3) is 0.520. The second-order valence-electron chi connectivity index (χ2n) is 8.19. The summed E-state index contributed by atoms with van der Waals surface area (Å²) in [6.07, 6.45) is 8.09. The Hall–Kier alpha value is -2.76. The van der Waals surface area contributed by atoms with E-state index in [0.717, 1.165) is 11.3 Å². The topological polar surface area (TPSA) is 92.2 Å². The second kappa shape index (κ2) is 14.3. The molecule has 6 heteroatoms. The van der Waals surface area contributed by atoms with Gasteiger partial charge in [-0.2, -0.15) is 0 Å². The van der Waals surface area contributed by atoms with E-state index in [0.29, 0.717) is 35.8 Å². The van der Waals surface area contributed by atoms with Gasteiger partial charge in [-0.1, -0.05) is 65.5 Å². The van der Waals surface area contributed by atoms with Gasteiger partial charge in [0.1, 0.15) is 5.82 Å². The third kappa shape index (κ3) is 11.3. The van der Waals surface area contributed by atoms with Crippen molar-refractivity contribution in [1.29, 1.82) is 0 Å². The predicted octanol–water partition coefficient (Wildman–Crippen LogP) is 5.57. The van der Waals surface area contributed by atoms with Gasteiger partial charge in [-0.05, 0) is 30.5 Å². The van der Waals surface area contributed by atoms with Crippen LogP contribution in [0.5, 0.6) is 0 Å². The van der Waals surface area contributed by atoms with Crippen LogP contribution in [0.25, 0.3) is 0 Å². The molecule has 0 atom stereocenters. The fourth-order valence-electron chi connectivity index (χ4n) is 2.93. The van der Waals surface area contributed by atoms with Crippen LogP contribution in [0.2, 0.25) is 0 Å². The molecule has 31 heavy (non-hydrogen) atoms. The van der Waals surface area contributed by atoms with Gasteiger partial charge in [-0.25, -0.2) is 9.97 Å². The number of aryl methyl sites for hydroxylation is 1. The number of benzene rings is 1. The number of nitrogens with zero attached hydrogens (tertiary/aromatic N) is 2. The van der Waals surface area contributed by atoms with Gasteiger partial charge in [0.05, 0.1) is 6.42 Å². The van der Waals surface area contributed by atoms with Crippen molar-refractivity contribution in [2.45, 2.75) is 79.6 Å². The number of unbranched alkanes of at least 4 members (excludes halogenated alkanes) is 3. The molecule has 2 N–H and O–H groups in total. The molecule has 170 valence electrons. The van der Waals surface area contributed by atoms with Crippen LogP contribution in [0, 0.1) is 12.8 Å². The van der Waals surface area contributed by atoms with E-state index in [1.54, 1.807) is 13.1 Å². The van der Waals surface area contributed by atoms with Crippen LogP contribution < -0.4 is 5.32 Å². The number of carboxylic acid groups (broad SMARTS) is 1. The lowest BCUT2D eigenvalue weighted by atomic mass is 10.1. The molecule has 0 unspecified atom stereocenters. The van der Waals surface area contributed by atoms with Crippen LogP contribution in [-0.4, -0.2) is 27.0 Å². The van der Waals surface area contributed by atoms with Crippen LogP contribution in [-0.2, 0) is 22.4 Å². The van der Waals surface area contributed by atoms with E-state index in [9.17, 15) is 9.59 Å². The molecule has 0 radical (unpaired) electrons. The normalized spacial score (nSPS) is 10.4. The maximum Gasteiger partial charge on any atom is 0.307 e. The maximum absolute atomic E-state index is 11.8. The molecule has 0 spiro atoms. The van der Waals surface area contributed by atoms with Crippen LogP contribution in [0.15, 0.2) is 30.5 Å². The number of aliphatic carboxylic acids is 1. The van der Waals surface area contributed by atoms with Crippen LogP contribution in [0.1, 0.15) is 82.4 Å². The first kappa shape index (κ1) is 26.3. The Morgan fingerprint density at radius 3 is 2.16 bits per heavy atom. The summed E-state index contributed by atoms with van der Waals surface area (Å²) in [5.74, 6) is 0.0808. The zero-order valence-corrected chi connectivity index (χ0v) is 19.6. The highest BCUT2D eigenvalue weighted by Crippen LogP contribution is 2.14. The monoisotopic (exact) mass is 427 g/mol. The van der Waals surface area contributed by atoms with E-state index in [-0.39, 0.29) is 12.3 Å². The van der Waals surface area contributed by atoms with E-state index < -0.39 is 5.97 Å². The number of aromatic nitrogens is 2. The minimum absolute atomic E-state index is 0.00993. The van der Waals surface area contributed by atoms with Gasteiger partial charge >= 0.3 is 5.97 Å². The SMILES string of the molecule is CCCCCC.Cc1nc(Cc2ccc(NC(=O)CC(C)C)cc2)ncc1CC(=O)O. The van der Waals surface area contributed by atoms with E-state index in [4.69, 9.17) is 5.11 Å². The fourth-order valence-corrected chi connectivity index (χ4v) is 2.93. The molecule has 0 aliphatic carbocycles. The van der Waals surface area contributed by atoms with Crippen molar-refractivity contribution >= 4 is 17.6 Å². The Kier molecular flexibility index (Phi) is 12.1. The average Bonchev–Trinajstić information content (AvgIpc) is 2.69. The summed E-state index contributed by atoms with van der Waals surface area (Å²) in [5.41, 5.74) is 3.10.